The minimum absolute atomic E-state index is 0.170. The topological polar surface area (TPSA) is 87.3 Å². The van der Waals surface area contributed by atoms with Crippen LogP contribution in [0.4, 0.5) is 5.69 Å². The van der Waals surface area contributed by atoms with Gasteiger partial charge in [0.15, 0.2) is 14.9 Å². The van der Waals surface area contributed by atoms with Crippen molar-refractivity contribution in [2.45, 2.75) is 25.2 Å². The molecule has 0 radical (unpaired) electrons. The fourth-order valence-electron chi connectivity index (χ4n) is 2.15. The summed E-state index contributed by atoms with van der Waals surface area (Å²) >= 11 is 5.11. The Morgan fingerprint density at radius 1 is 1.00 bits per heavy atom. The third-order valence-corrected chi connectivity index (χ3v) is 5.62. The van der Waals surface area contributed by atoms with Crippen molar-refractivity contribution in [3.63, 3.8) is 0 Å². The Morgan fingerprint density at radius 3 is 2.31 bits per heavy atom. The SMILES string of the molecule is Cc1ccc(S(=O)(=O)CCC(=O)NNC(=S)Nc2ccccc2C)cc1. The first-order chi connectivity index (χ1) is 12.3. The van der Waals surface area contributed by atoms with Gasteiger partial charge in [0.2, 0.25) is 5.91 Å². The van der Waals surface area contributed by atoms with E-state index in [9.17, 15) is 13.2 Å². The molecule has 0 aliphatic heterocycles. The van der Waals surface area contributed by atoms with E-state index in [-0.39, 0.29) is 22.2 Å². The zero-order valence-corrected chi connectivity index (χ0v) is 16.2. The van der Waals surface area contributed by atoms with Gasteiger partial charge in [-0.2, -0.15) is 0 Å². The summed E-state index contributed by atoms with van der Waals surface area (Å²) in [4.78, 5) is 12.1. The lowest BCUT2D eigenvalue weighted by molar-refractivity contribution is -0.121. The highest BCUT2D eigenvalue weighted by Gasteiger charge is 2.16. The number of anilines is 1. The van der Waals surface area contributed by atoms with Gasteiger partial charge in [-0.3, -0.25) is 15.6 Å². The molecule has 2 aromatic carbocycles. The average molecular weight is 392 g/mol. The van der Waals surface area contributed by atoms with E-state index < -0.39 is 15.7 Å². The first kappa shape index (κ1) is 19.9. The number of rotatable bonds is 5. The van der Waals surface area contributed by atoms with E-state index >= 15 is 0 Å². The van der Waals surface area contributed by atoms with Crippen LogP contribution in [0.25, 0.3) is 0 Å². The number of para-hydroxylation sites is 1. The average Bonchev–Trinajstić information content (AvgIpc) is 2.60. The molecule has 0 unspecified atom stereocenters. The van der Waals surface area contributed by atoms with Crippen LogP contribution in [0.1, 0.15) is 17.5 Å². The molecule has 26 heavy (non-hydrogen) atoms. The lowest BCUT2D eigenvalue weighted by Gasteiger charge is -2.13. The maximum Gasteiger partial charge on any atom is 0.239 e. The molecular formula is C18H21N3O3S2. The van der Waals surface area contributed by atoms with Crippen LogP contribution in [0.3, 0.4) is 0 Å². The first-order valence-electron chi connectivity index (χ1n) is 7.99. The number of sulfone groups is 1. The standard InChI is InChI=1S/C18H21N3O3S2/c1-13-7-9-15(10-8-13)26(23,24)12-11-17(22)20-21-18(25)19-16-6-4-3-5-14(16)2/h3-10H,11-12H2,1-2H3,(H,20,22)(H2,19,21,25). The Labute approximate surface area is 158 Å². The Hall–Kier alpha value is -2.45. The van der Waals surface area contributed by atoms with E-state index in [1.54, 1.807) is 24.3 Å². The van der Waals surface area contributed by atoms with E-state index in [0.29, 0.717) is 0 Å². The normalized spacial score (nSPS) is 10.8. The van der Waals surface area contributed by atoms with Crippen molar-refractivity contribution in [3.8, 4) is 0 Å². The maximum absolute atomic E-state index is 12.2. The van der Waals surface area contributed by atoms with E-state index in [1.807, 2.05) is 38.1 Å². The third-order valence-electron chi connectivity index (χ3n) is 3.69. The zero-order chi connectivity index (χ0) is 19.2. The highest BCUT2D eigenvalue weighted by Crippen LogP contribution is 2.13. The van der Waals surface area contributed by atoms with Gasteiger partial charge in [-0.25, -0.2) is 8.42 Å². The summed E-state index contributed by atoms with van der Waals surface area (Å²) in [5.74, 6) is -0.740. The quantitative estimate of drug-likeness (QED) is 0.536. The zero-order valence-electron chi connectivity index (χ0n) is 14.6. The van der Waals surface area contributed by atoms with Gasteiger partial charge in [-0.05, 0) is 49.8 Å². The monoisotopic (exact) mass is 391 g/mol. The number of amides is 1. The van der Waals surface area contributed by atoms with Crippen LogP contribution in [0.15, 0.2) is 53.4 Å². The molecule has 0 fully saturated rings. The molecule has 0 spiro atoms. The van der Waals surface area contributed by atoms with Crippen LogP contribution in [-0.2, 0) is 14.6 Å². The second-order valence-corrected chi connectivity index (χ2v) is 8.34. The molecule has 2 aromatic rings. The Morgan fingerprint density at radius 2 is 1.65 bits per heavy atom. The summed E-state index contributed by atoms with van der Waals surface area (Å²) < 4.78 is 24.5. The number of thiocarbonyl (C=S) groups is 1. The smallest absolute Gasteiger partial charge is 0.239 e. The molecule has 1 amide bonds. The van der Waals surface area contributed by atoms with Crippen LogP contribution in [0, 0.1) is 13.8 Å². The molecule has 0 saturated carbocycles. The van der Waals surface area contributed by atoms with Gasteiger partial charge in [0, 0.05) is 12.1 Å². The number of carbonyl (C=O) groups is 1. The number of benzene rings is 2. The minimum Gasteiger partial charge on any atom is -0.331 e. The van der Waals surface area contributed by atoms with Crippen molar-refractivity contribution < 1.29 is 13.2 Å². The first-order valence-corrected chi connectivity index (χ1v) is 10.0. The number of hydrogen-bond acceptors (Lipinski definition) is 4. The highest BCUT2D eigenvalue weighted by atomic mass is 32.2. The molecule has 0 bridgehead atoms. The molecule has 6 nitrogen and oxygen atoms in total. The molecule has 3 N–H and O–H groups in total. The summed E-state index contributed by atoms with van der Waals surface area (Å²) in [7, 11) is -3.50. The number of hydrazine groups is 1. The van der Waals surface area contributed by atoms with Gasteiger partial charge in [0.25, 0.3) is 0 Å². The van der Waals surface area contributed by atoms with Crippen LogP contribution in [-0.4, -0.2) is 25.2 Å². The van der Waals surface area contributed by atoms with Gasteiger partial charge in [0.1, 0.15) is 0 Å². The van der Waals surface area contributed by atoms with Crippen molar-refractivity contribution in [2.24, 2.45) is 0 Å². The summed E-state index contributed by atoms with van der Waals surface area (Å²) in [5.41, 5.74) is 7.77. The summed E-state index contributed by atoms with van der Waals surface area (Å²) in [6.07, 6.45) is -0.170. The molecule has 138 valence electrons. The number of carbonyl (C=O) groups excluding carboxylic acids is 1. The van der Waals surface area contributed by atoms with Crippen molar-refractivity contribution in [2.75, 3.05) is 11.1 Å². The number of nitrogens with one attached hydrogen (secondary N) is 3. The Balaban J connectivity index is 1.80. The van der Waals surface area contributed by atoms with Crippen molar-refractivity contribution >= 4 is 38.8 Å². The minimum atomic E-state index is -3.50. The van der Waals surface area contributed by atoms with Crippen LogP contribution in [0.2, 0.25) is 0 Å². The van der Waals surface area contributed by atoms with Crippen molar-refractivity contribution in [1.29, 1.82) is 0 Å². The van der Waals surface area contributed by atoms with Gasteiger partial charge in [0.05, 0.1) is 10.6 Å². The Bertz CT molecular complexity index is 894. The van der Waals surface area contributed by atoms with Gasteiger partial charge in [-0.15, -0.1) is 0 Å². The maximum atomic E-state index is 12.2. The van der Waals surface area contributed by atoms with E-state index in [0.717, 1.165) is 16.8 Å². The number of aryl methyl sites for hydroxylation is 2. The molecule has 0 aliphatic rings. The molecule has 0 saturated heterocycles. The van der Waals surface area contributed by atoms with Gasteiger partial charge < -0.3 is 5.32 Å². The molecule has 0 atom stereocenters. The number of hydrogen-bond donors (Lipinski definition) is 3. The Kier molecular flexibility index (Phi) is 6.70. The molecule has 8 heteroatoms. The van der Waals surface area contributed by atoms with E-state index in [2.05, 4.69) is 16.2 Å². The molecule has 0 heterocycles. The fraction of sp³-hybridized carbons (Fsp3) is 0.222. The second kappa shape index (κ2) is 8.77. The molecule has 0 aromatic heterocycles. The van der Waals surface area contributed by atoms with Crippen LogP contribution >= 0.6 is 12.2 Å². The summed E-state index contributed by atoms with van der Waals surface area (Å²) in [6, 6.07) is 14.1. The van der Waals surface area contributed by atoms with E-state index in [4.69, 9.17) is 12.2 Å². The van der Waals surface area contributed by atoms with Crippen LogP contribution in [0.5, 0.6) is 0 Å². The predicted octanol–water partition coefficient (Wildman–Crippen LogP) is 2.49. The van der Waals surface area contributed by atoms with Crippen molar-refractivity contribution in [3.05, 3.63) is 59.7 Å². The van der Waals surface area contributed by atoms with Crippen LogP contribution < -0.4 is 16.2 Å². The highest BCUT2D eigenvalue weighted by molar-refractivity contribution is 7.91. The van der Waals surface area contributed by atoms with Gasteiger partial charge in [-0.1, -0.05) is 35.9 Å². The predicted molar refractivity (Wildman–Crippen MR) is 107 cm³/mol. The fourth-order valence-corrected chi connectivity index (χ4v) is 3.55. The van der Waals surface area contributed by atoms with E-state index in [1.165, 1.54) is 0 Å². The molecule has 0 aliphatic carbocycles. The molecule has 2 rings (SSSR count). The lowest BCUT2D eigenvalue weighted by Crippen LogP contribution is -2.44. The summed E-state index contributed by atoms with van der Waals surface area (Å²) in [5, 5.41) is 3.17. The lowest BCUT2D eigenvalue weighted by atomic mass is 10.2. The second-order valence-electron chi connectivity index (χ2n) is 5.82. The largest absolute Gasteiger partial charge is 0.331 e. The van der Waals surface area contributed by atoms with Crippen molar-refractivity contribution in [1.82, 2.24) is 10.9 Å². The summed E-state index contributed by atoms with van der Waals surface area (Å²) in [6.45, 7) is 3.81. The third kappa shape index (κ3) is 5.82. The molecular weight excluding hydrogens is 370 g/mol. The van der Waals surface area contributed by atoms with Gasteiger partial charge >= 0.3 is 0 Å².